The van der Waals surface area contributed by atoms with E-state index in [4.69, 9.17) is 0 Å². The summed E-state index contributed by atoms with van der Waals surface area (Å²) in [5, 5.41) is 0. The predicted molar refractivity (Wildman–Crippen MR) is 63.6 cm³/mol. The van der Waals surface area contributed by atoms with E-state index in [9.17, 15) is 0 Å². The van der Waals surface area contributed by atoms with E-state index in [0.717, 1.165) is 0 Å². The molecule has 13 heavy (non-hydrogen) atoms. The van der Waals surface area contributed by atoms with Gasteiger partial charge in [0.1, 0.15) is 0 Å². The molecule has 0 saturated heterocycles. The topological polar surface area (TPSA) is 0 Å². The number of hydrogen-bond acceptors (Lipinski definition) is 0. The van der Waals surface area contributed by atoms with Crippen molar-refractivity contribution in [3.63, 3.8) is 0 Å². The van der Waals surface area contributed by atoms with Gasteiger partial charge in [-0.05, 0) is 11.6 Å². The molecule has 0 saturated carbocycles. The smallest absolute Gasteiger partial charge is 0.0480 e. The van der Waals surface area contributed by atoms with E-state index in [1.807, 2.05) is 0 Å². The van der Waals surface area contributed by atoms with Crippen molar-refractivity contribution in [1.82, 2.24) is 0 Å². The first-order chi connectivity index (χ1) is 6.08. The molecule has 0 aliphatic heterocycles. The second kappa shape index (κ2) is 4.42. The lowest BCUT2D eigenvalue weighted by atomic mass is 10.2. The Hall–Kier alpha value is -0.823. The highest BCUT2D eigenvalue weighted by molar-refractivity contribution is 6.76. The fraction of sp³-hybridized carbons (Fsp3) is 0.333. The lowest BCUT2D eigenvalue weighted by Gasteiger charge is -2.11. The summed E-state index contributed by atoms with van der Waals surface area (Å²) >= 11 is 0. The minimum absolute atomic E-state index is 0.898. The van der Waals surface area contributed by atoms with Crippen LogP contribution in [-0.2, 0) is 0 Å². The Morgan fingerprint density at radius 2 is 1.69 bits per heavy atom. The molecular formula is C12H18Si. The molecule has 0 radical (unpaired) electrons. The quantitative estimate of drug-likeness (QED) is 0.631. The predicted octanol–water partition coefficient (Wildman–Crippen LogP) is 4.04. The van der Waals surface area contributed by atoms with Gasteiger partial charge >= 0.3 is 0 Å². The van der Waals surface area contributed by atoms with Crippen LogP contribution in [0.15, 0.2) is 36.4 Å². The Kier molecular flexibility index (Phi) is 3.49. The molecule has 0 fully saturated rings. The minimum atomic E-state index is -0.898. The van der Waals surface area contributed by atoms with Crippen LogP contribution in [0.25, 0.3) is 6.08 Å². The molecule has 70 valence electrons. The second-order valence-electron chi connectivity index (χ2n) is 4.58. The standard InChI is InChI=1S/C12H18Si/c1-13(2,3)11-7-10-12-8-5-4-6-9-12/h4-10H,11H2,1-3H3/b10-7-. The third-order valence-electron chi connectivity index (χ3n) is 1.84. The largest absolute Gasteiger partial charge is 0.0866 e. The zero-order valence-electron chi connectivity index (χ0n) is 8.75. The number of allylic oxidation sites excluding steroid dienone is 1. The Morgan fingerprint density at radius 3 is 2.23 bits per heavy atom. The van der Waals surface area contributed by atoms with E-state index in [0.29, 0.717) is 0 Å². The van der Waals surface area contributed by atoms with Gasteiger partial charge in [-0.1, -0.05) is 62.1 Å². The van der Waals surface area contributed by atoms with Crippen LogP contribution in [0, 0.1) is 0 Å². The maximum absolute atomic E-state index is 2.39. The Morgan fingerprint density at radius 1 is 1.08 bits per heavy atom. The summed E-state index contributed by atoms with van der Waals surface area (Å²) in [6, 6.07) is 11.8. The molecule has 1 aromatic rings. The molecule has 1 aromatic carbocycles. The summed E-state index contributed by atoms with van der Waals surface area (Å²) < 4.78 is 0. The van der Waals surface area contributed by atoms with Gasteiger partial charge in [-0.3, -0.25) is 0 Å². The average molecular weight is 190 g/mol. The van der Waals surface area contributed by atoms with Crippen molar-refractivity contribution >= 4 is 14.1 Å². The first-order valence-corrected chi connectivity index (χ1v) is 8.50. The van der Waals surface area contributed by atoms with E-state index in [1.165, 1.54) is 11.6 Å². The molecule has 0 spiro atoms. The molecule has 0 nitrogen and oxygen atoms in total. The van der Waals surface area contributed by atoms with E-state index >= 15 is 0 Å². The first-order valence-electron chi connectivity index (χ1n) is 4.79. The Balaban J connectivity index is 2.51. The molecule has 1 heteroatoms. The normalized spacial score (nSPS) is 12.2. The van der Waals surface area contributed by atoms with Crippen LogP contribution in [0.3, 0.4) is 0 Å². The summed E-state index contributed by atoms with van der Waals surface area (Å²) in [6.45, 7) is 7.17. The summed E-state index contributed by atoms with van der Waals surface area (Å²) in [4.78, 5) is 0. The summed E-state index contributed by atoms with van der Waals surface area (Å²) in [5.41, 5.74) is 1.31. The molecule has 0 aliphatic carbocycles. The third kappa shape index (κ3) is 4.68. The molecular weight excluding hydrogens is 172 g/mol. The maximum atomic E-state index is 2.39. The maximum Gasteiger partial charge on any atom is 0.0480 e. The highest BCUT2D eigenvalue weighted by Crippen LogP contribution is 2.10. The zero-order chi connectivity index (χ0) is 9.73. The monoisotopic (exact) mass is 190 g/mol. The molecule has 0 aliphatic rings. The Bertz CT molecular complexity index is 267. The fourth-order valence-corrected chi connectivity index (χ4v) is 1.94. The van der Waals surface area contributed by atoms with Gasteiger partial charge in [0.2, 0.25) is 0 Å². The van der Waals surface area contributed by atoms with E-state index in [2.05, 4.69) is 62.1 Å². The SMILES string of the molecule is C[Si](C)(C)C/C=C\c1ccccc1. The molecule has 0 aromatic heterocycles. The average Bonchev–Trinajstić information content (AvgIpc) is 2.04. The van der Waals surface area contributed by atoms with Crippen molar-refractivity contribution in [3.05, 3.63) is 42.0 Å². The molecule has 0 atom stereocenters. The number of rotatable bonds is 3. The lowest BCUT2D eigenvalue weighted by Crippen LogP contribution is -2.17. The summed E-state index contributed by atoms with van der Waals surface area (Å²) in [7, 11) is -0.898. The third-order valence-corrected chi connectivity index (χ3v) is 3.30. The van der Waals surface area contributed by atoms with Crippen molar-refractivity contribution in [2.75, 3.05) is 0 Å². The van der Waals surface area contributed by atoms with Crippen molar-refractivity contribution in [2.45, 2.75) is 25.7 Å². The Labute approximate surface area is 82.3 Å². The van der Waals surface area contributed by atoms with Gasteiger partial charge < -0.3 is 0 Å². The van der Waals surface area contributed by atoms with Gasteiger partial charge in [0.25, 0.3) is 0 Å². The van der Waals surface area contributed by atoms with Crippen molar-refractivity contribution < 1.29 is 0 Å². The summed E-state index contributed by atoms with van der Waals surface area (Å²) in [5.74, 6) is 0. The van der Waals surface area contributed by atoms with Gasteiger partial charge in [0.05, 0.1) is 0 Å². The van der Waals surface area contributed by atoms with Crippen molar-refractivity contribution in [2.24, 2.45) is 0 Å². The van der Waals surface area contributed by atoms with E-state index in [-0.39, 0.29) is 0 Å². The zero-order valence-corrected chi connectivity index (χ0v) is 9.75. The van der Waals surface area contributed by atoms with Crippen LogP contribution in [0.1, 0.15) is 5.56 Å². The van der Waals surface area contributed by atoms with Crippen LogP contribution >= 0.6 is 0 Å². The number of hydrogen-bond donors (Lipinski definition) is 0. The minimum Gasteiger partial charge on any atom is -0.0866 e. The van der Waals surface area contributed by atoms with Crippen molar-refractivity contribution in [3.8, 4) is 0 Å². The van der Waals surface area contributed by atoms with Gasteiger partial charge in [-0.25, -0.2) is 0 Å². The molecule has 0 bridgehead atoms. The molecule has 0 N–H and O–H groups in total. The van der Waals surface area contributed by atoms with E-state index < -0.39 is 8.07 Å². The highest BCUT2D eigenvalue weighted by atomic mass is 28.3. The molecule has 0 unspecified atom stereocenters. The van der Waals surface area contributed by atoms with Gasteiger partial charge in [0.15, 0.2) is 0 Å². The van der Waals surface area contributed by atoms with Crippen LogP contribution in [0.2, 0.25) is 25.7 Å². The van der Waals surface area contributed by atoms with Crippen LogP contribution in [-0.4, -0.2) is 8.07 Å². The van der Waals surface area contributed by atoms with Gasteiger partial charge in [0, 0.05) is 8.07 Å². The first kappa shape index (κ1) is 10.3. The molecule has 0 heterocycles. The second-order valence-corrected chi connectivity index (χ2v) is 10.1. The fourth-order valence-electron chi connectivity index (χ4n) is 1.11. The van der Waals surface area contributed by atoms with Crippen LogP contribution < -0.4 is 0 Å². The number of benzene rings is 1. The van der Waals surface area contributed by atoms with E-state index in [1.54, 1.807) is 0 Å². The lowest BCUT2D eigenvalue weighted by molar-refractivity contribution is 1.52. The van der Waals surface area contributed by atoms with Gasteiger partial charge in [-0.2, -0.15) is 0 Å². The van der Waals surface area contributed by atoms with Crippen LogP contribution in [0.5, 0.6) is 0 Å². The highest BCUT2D eigenvalue weighted by Gasteiger charge is 2.09. The van der Waals surface area contributed by atoms with Crippen molar-refractivity contribution in [1.29, 1.82) is 0 Å². The summed E-state index contributed by atoms with van der Waals surface area (Å²) in [6.07, 6.45) is 4.53. The molecule has 0 amide bonds. The molecule has 1 rings (SSSR count). The van der Waals surface area contributed by atoms with Gasteiger partial charge in [-0.15, -0.1) is 0 Å². The van der Waals surface area contributed by atoms with Crippen LogP contribution in [0.4, 0.5) is 0 Å².